The van der Waals surface area contributed by atoms with Gasteiger partial charge in [-0.2, -0.15) is 0 Å². The third kappa shape index (κ3) is 2.35. The maximum absolute atomic E-state index is 11.0. The van der Waals surface area contributed by atoms with Crippen LogP contribution < -0.4 is 5.32 Å². The second-order valence-corrected chi connectivity index (χ2v) is 5.82. The fourth-order valence-electron chi connectivity index (χ4n) is 1.65. The lowest BCUT2D eigenvalue weighted by atomic mass is 10.3. The summed E-state index contributed by atoms with van der Waals surface area (Å²) in [6.07, 6.45) is 2.81. The van der Waals surface area contributed by atoms with Gasteiger partial charge in [-0.15, -0.1) is 11.3 Å². The third-order valence-electron chi connectivity index (χ3n) is 2.42. The average Bonchev–Trinajstić information content (AvgIpc) is 2.91. The van der Waals surface area contributed by atoms with E-state index in [0.29, 0.717) is 5.75 Å². The molecule has 1 aromatic carbocycles. The number of aromatic nitrogens is 1. The lowest BCUT2D eigenvalue weighted by Crippen LogP contribution is -2.13. The lowest BCUT2D eigenvalue weighted by molar-refractivity contribution is -0.117. The van der Waals surface area contributed by atoms with E-state index in [0.717, 1.165) is 22.0 Å². The quantitative estimate of drug-likeness (QED) is 0.904. The Bertz CT molecular complexity index is 570. The van der Waals surface area contributed by atoms with Crippen molar-refractivity contribution in [3.05, 3.63) is 40.4 Å². The number of benzene rings is 1. The largest absolute Gasteiger partial charge is 0.320 e. The van der Waals surface area contributed by atoms with Crippen molar-refractivity contribution >= 4 is 39.2 Å². The van der Waals surface area contributed by atoms with Crippen molar-refractivity contribution in [2.24, 2.45) is 0 Å². The highest BCUT2D eigenvalue weighted by Gasteiger charge is 2.14. The van der Waals surface area contributed by atoms with Crippen LogP contribution in [0.15, 0.2) is 35.4 Å². The maximum atomic E-state index is 11.0. The van der Waals surface area contributed by atoms with Crippen LogP contribution >= 0.6 is 23.1 Å². The van der Waals surface area contributed by atoms with Crippen LogP contribution in [0.25, 0.3) is 10.2 Å². The molecule has 1 fully saturated rings. The molecule has 0 atom stereocenters. The van der Waals surface area contributed by atoms with Gasteiger partial charge in [0.2, 0.25) is 5.91 Å². The predicted octanol–water partition coefficient (Wildman–Crippen LogP) is 2.54. The Balaban J connectivity index is 1.79. The fraction of sp³-hybridized carbons (Fsp3) is 0.167. The van der Waals surface area contributed by atoms with Crippen molar-refractivity contribution in [1.29, 1.82) is 0 Å². The number of hydrogen-bond donors (Lipinski definition) is 1. The predicted molar refractivity (Wildman–Crippen MR) is 72.0 cm³/mol. The molecule has 1 N–H and O–H groups in total. The molecule has 5 heteroatoms. The molecule has 0 unspecified atom stereocenters. The average molecular weight is 262 g/mol. The normalized spacial score (nSPS) is 17.9. The molecule has 86 valence electrons. The molecule has 1 aliphatic heterocycles. The van der Waals surface area contributed by atoms with E-state index in [9.17, 15) is 4.79 Å². The summed E-state index contributed by atoms with van der Waals surface area (Å²) in [5.74, 6) is 0.622. The van der Waals surface area contributed by atoms with Gasteiger partial charge in [0, 0.05) is 6.42 Å². The maximum Gasteiger partial charge on any atom is 0.235 e. The van der Waals surface area contributed by atoms with Crippen LogP contribution in [0.1, 0.15) is 5.01 Å². The van der Waals surface area contributed by atoms with Crippen LogP contribution in [0.5, 0.6) is 0 Å². The molecule has 1 amide bonds. The molecule has 3 rings (SSSR count). The number of fused-ring (bicyclic) bond motifs is 1. The van der Waals surface area contributed by atoms with Gasteiger partial charge in [0.1, 0.15) is 0 Å². The van der Waals surface area contributed by atoms with Crippen molar-refractivity contribution < 1.29 is 4.79 Å². The van der Waals surface area contributed by atoms with E-state index in [-0.39, 0.29) is 5.91 Å². The first-order valence-electron chi connectivity index (χ1n) is 5.28. The summed E-state index contributed by atoms with van der Waals surface area (Å²) >= 11 is 3.26. The second-order valence-electron chi connectivity index (χ2n) is 3.68. The van der Waals surface area contributed by atoms with Crippen molar-refractivity contribution in [3.8, 4) is 0 Å². The SMILES string of the molecule is O=C1CSC(=CCc2nc3ccccc3s2)N1. The summed E-state index contributed by atoms with van der Waals surface area (Å²) in [6.45, 7) is 0. The monoisotopic (exact) mass is 262 g/mol. The van der Waals surface area contributed by atoms with Gasteiger partial charge in [-0.3, -0.25) is 4.79 Å². The number of hydrogen-bond acceptors (Lipinski definition) is 4. The molecule has 0 aliphatic carbocycles. The second kappa shape index (κ2) is 4.50. The standard InChI is InChI=1S/C12H10N2OS2/c15-10-7-16-11(14-10)5-6-12-13-8-3-1-2-4-9(8)17-12/h1-5H,6-7H2,(H,14,15). The van der Waals surface area contributed by atoms with Gasteiger partial charge in [-0.05, 0) is 18.2 Å². The Hall–Kier alpha value is -1.33. The number of nitrogens with one attached hydrogen (secondary N) is 1. The van der Waals surface area contributed by atoms with Crippen LogP contribution in [0.2, 0.25) is 0 Å². The van der Waals surface area contributed by atoms with Crippen LogP contribution in [0, 0.1) is 0 Å². The molecule has 2 aromatic rings. The Morgan fingerprint density at radius 1 is 1.41 bits per heavy atom. The summed E-state index contributed by atoms with van der Waals surface area (Å²) in [5, 5.41) is 4.86. The van der Waals surface area contributed by atoms with Crippen LogP contribution in [-0.4, -0.2) is 16.6 Å². The minimum absolute atomic E-state index is 0.0885. The van der Waals surface area contributed by atoms with Crippen LogP contribution in [-0.2, 0) is 11.2 Å². The molecule has 0 spiro atoms. The van der Waals surface area contributed by atoms with E-state index >= 15 is 0 Å². The number of thiazole rings is 1. The van der Waals surface area contributed by atoms with Gasteiger partial charge in [0.25, 0.3) is 0 Å². The van der Waals surface area contributed by atoms with Gasteiger partial charge in [0.05, 0.1) is 26.0 Å². The Labute approximate surface area is 107 Å². The summed E-state index contributed by atoms with van der Waals surface area (Å²) in [6, 6.07) is 8.12. The molecule has 1 aliphatic rings. The number of carbonyl (C=O) groups excluding carboxylic acids is 1. The molecule has 1 aromatic heterocycles. The Kier molecular flexibility index (Phi) is 2.86. The first-order chi connectivity index (χ1) is 8.31. The molecule has 2 heterocycles. The van der Waals surface area contributed by atoms with Gasteiger partial charge < -0.3 is 5.32 Å². The number of para-hydroxylation sites is 1. The first kappa shape index (κ1) is 10.8. The number of carbonyl (C=O) groups is 1. The number of amides is 1. The molecule has 0 radical (unpaired) electrons. The van der Waals surface area contributed by atoms with Crippen LogP contribution in [0.4, 0.5) is 0 Å². The zero-order valence-electron chi connectivity index (χ0n) is 8.97. The van der Waals surface area contributed by atoms with E-state index in [4.69, 9.17) is 0 Å². The summed E-state index contributed by atoms with van der Waals surface area (Å²) in [4.78, 5) is 15.6. The molecule has 3 nitrogen and oxygen atoms in total. The minimum Gasteiger partial charge on any atom is -0.320 e. The third-order valence-corrected chi connectivity index (χ3v) is 4.47. The smallest absolute Gasteiger partial charge is 0.235 e. The number of thioether (sulfide) groups is 1. The van der Waals surface area contributed by atoms with E-state index in [2.05, 4.69) is 16.4 Å². The van der Waals surface area contributed by atoms with Crippen molar-refractivity contribution in [3.63, 3.8) is 0 Å². The van der Waals surface area contributed by atoms with Gasteiger partial charge >= 0.3 is 0 Å². The highest BCUT2D eigenvalue weighted by Crippen LogP contribution is 2.24. The van der Waals surface area contributed by atoms with Crippen LogP contribution in [0.3, 0.4) is 0 Å². The zero-order chi connectivity index (χ0) is 11.7. The summed E-state index contributed by atoms with van der Waals surface area (Å²) < 4.78 is 1.21. The van der Waals surface area contributed by atoms with E-state index in [1.165, 1.54) is 4.70 Å². The summed E-state index contributed by atoms with van der Waals surface area (Å²) in [5.41, 5.74) is 1.05. The van der Waals surface area contributed by atoms with Crippen molar-refractivity contribution in [2.45, 2.75) is 6.42 Å². The van der Waals surface area contributed by atoms with Crippen molar-refractivity contribution in [2.75, 3.05) is 5.75 Å². The van der Waals surface area contributed by atoms with Gasteiger partial charge in [-0.25, -0.2) is 4.98 Å². The Morgan fingerprint density at radius 3 is 3.06 bits per heavy atom. The van der Waals surface area contributed by atoms with E-state index in [1.807, 2.05) is 24.3 Å². The highest BCUT2D eigenvalue weighted by molar-refractivity contribution is 8.04. The molecular formula is C12H10N2OS2. The van der Waals surface area contributed by atoms with Crippen molar-refractivity contribution in [1.82, 2.24) is 10.3 Å². The molecular weight excluding hydrogens is 252 g/mol. The first-order valence-corrected chi connectivity index (χ1v) is 7.09. The Morgan fingerprint density at radius 2 is 2.29 bits per heavy atom. The van der Waals surface area contributed by atoms with Gasteiger partial charge in [-0.1, -0.05) is 23.9 Å². The molecule has 1 saturated heterocycles. The zero-order valence-corrected chi connectivity index (χ0v) is 10.6. The minimum atomic E-state index is 0.0885. The molecule has 0 saturated carbocycles. The lowest BCUT2D eigenvalue weighted by Gasteiger charge is -1.93. The molecule has 0 bridgehead atoms. The summed E-state index contributed by atoms with van der Waals surface area (Å²) in [7, 11) is 0. The van der Waals surface area contributed by atoms with Gasteiger partial charge in [0.15, 0.2) is 0 Å². The van der Waals surface area contributed by atoms with E-state index < -0.39 is 0 Å². The number of rotatable bonds is 2. The highest BCUT2D eigenvalue weighted by atomic mass is 32.2. The molecule has 17 heavy (non-hydrogen) atoms. The van der Waals surface area contributed by atoms with E-state index in [1.54, 1.807) is 23.1 Å². The topological polar surface area (TPSA) is 42.0 Å². The number of allylic oxidation sites excluding steroid dienone is 1. The fourth-order valence-corrected chi connectivity index (χ4v) is 3.33. The number of nitrogens with zero attached hydrogens (tertiary/aromatic N) is 1.